The molecule has 0 aliphatic rings. The Hall–Kier alpha value is -1.42. The van der Waals surface area contributed by atoms with Gasteiger partial charge in [0, 0.05) is 12.6 Å². The first-order valence-electron chi connectivity index (χ1n) is 7.41. The lowest BCUT2D eigenvalue weighted by Gasteiger charge is -2.19. The van der Waals surface area contributed by atoms with Gasteiger partial charge in [-0.3, -0.25) is 9.78 Å². The fourth-order valence-corrected chi connectivity index (χ4v) is 2.32. The standard InChI is InChI=1S/C16H27N3O/c1-12(2)14(8-9-17)6-7-16(20)19-11-15-13(3)5-4-10-18-15/h4-5,10,12,14H,6-9,11,17H2,1-3H3,(H,19,20). The molecule has 1 heterocycles. The summed E-state index contributed by atoms with van der Waals surface area (Å²) in [6.45, 7) is 7.59. The van der Waals surface area contributed by atoms with Crippen molar-refractivity contribution in [1.29, 1.82) is 0 Å². The Morgan fingerprint density at radius 1 is 1.40 bits per heavy atom. The smallest absolute Gasteiger partial charge is 0.220 e. The van der Waals surface area contributed by atoms with Crippen molar-refractivity contribution in [3.8, 4) is 0 Å². The van der Waals surface area contributed by atoms with Crippen molar-refractivity contribution < 1.29 is 4.79 Å². The van der Waals surface area contributed by atoms with E-state index < -0.39 is 0 Å². The molecule has 0 aliphatic carbocycles. The van der Waals surface area contributed by atoms with Crippen LogP contribution in [-0.4, -0.2) is 17.4 Å². The maximum absolute atomic E-state index is 11.9. The summed E-state index contributed by atoms with van der Waals surface area (Å²) in [6, 6.07) is 3.91. The molecule has 4 heteroatoms. The van der Waals surface area contributed by atoms with Gasteiger partial charge in [-0.25, -0.2) is 0 Å². The third-order valence-corrected chi connectivity index (χ3v) is 3.79. The predicted molar refractivity (Wildman–Crippen MR) is 82.1 cm³/mol. The number of carbonyl (C=O) groups excluding carboxylic acids is 1. The number of nitrogens with zero attached hydrogens (tertiary/aromatic N) is 1. The molecule has 1 rings (SSSR count). The Labute approximate surface area is 122 Å². The lowest BCUT2D eigenvalue weighted by atomic mass is 9.88. The molecular weight excluding hydrogens is 250 g/mol. The van der Waals surface area contributed by atoms with Crippen LogP contribution in [0.25, 0.3) is 0 Å². The van der Waals surface area contributed by atoms with E-state index in [-0.39, 0.29) is 5.91 Å². The highest BCUT2D eigenvalue weighted by atomic mass is 16.1. The van der Waals surface area contributed by atoms with Gasteiger partial charge in [-0.2, -0.15) is 0 Å². The van der Waals surface area contributed by atoms with Crippen molar-refractivity contribution >= 4 is 5.91 Å². The van der Waals surface area contributed by atoms with Gasteiger partial charge in [-0.15, -0.1) is 0 Å². The van der Waals surface area contributed by atoms with Gasteiger partial charge in [0.15, 0.2) is 0 Å². The van der Waals surface area contributed by atoms with Crippen LogP contribution in [0.15, 0.2) is 18.3 Å². The zero-order valence-electron chi connectivity index (χ0n) is 12.9. The molecule has 0 bridgehead atoms. The van der Waals surface area contributed by atoms with Gasteiger partial charge in [-0.1, -0.05) is 19.9 Å². The zero-order chi connectivity index (χ0) is 15.0. The number of nitrogens with one attached hydrogen (secondary N) is 1. The summed E-state index contributed by atoms with van der Waals surface area (Å²) in [5.41, 5.74) is 7.66. The monoisotopic (exact) mass is 277 g/mol. The van der Waals surface area contributed by atoms with Crippen molar-refractivity contribution in [3.63, 3.8) is 0 Å². The Balaban J connectivity index is 2.35. The number of hydrogen-bond acceptors (Lipinski definition) is 3. The van der Waals surface area contributed by atoms with Crippen LogP contribution in [-0.2, 0) is 11.3 Å². The molecule has 4 nitrogen and oxygen atoms in total. The van der Waals surface area contributed by atoms with E-state index >= 15 is 0 Å². The molecule has 0 radical (unpaired) electrons. The third kappa shape index (κ3) is 5.70. The minimum Gasteiger partial charge on any atom is -0.350 e. The van der Waals surface area contributed by atoms with Crippen molar-refractivity contribution in [3.05, 3.63) is 29.6 Å². The summed E-state index contributed by atoms with van der Waals surface area (Å²) in [5.74, 6) is 1.20. The van der Waals surface area contributed by atoms with E-state index in [9.17, 15) is 4.79 Å². The van der Waals surface area contributed by atoms with Crippen LogP contribution in [0.3, 0.4) is 0 Å². The quantitative estimate of drug-likeness (QED) is 0.766. The molecule has 1 aromatic heterocycles. The molecule has 1 atom stereocenters. The number of aryl methyl sites for hydroxylation is 1. The molecule has 20 heavy (non-hydrogen) atoms. The summed E-state index contributed by atoms with van der Waals surface area (Å²) in [5, 5.41) is 2.94. The Morgan fingerprint density at radius 3 is 2.75 bits per heavy atom. The number of hydrogen-bond donors (Lipinski definition) is 2. The molecule has 0 aliphatic heterocycles. The van der Waals surface area contributed by atoms with E-state index in [0.717, 1.165) is 24.1 Å². The number of amides is 1. The van der Waals surface area contributed by atoms with Gasteiger partial charge in [0.1, 0.15) is 0 Å². The second-order valence-corrected chi connectivity index (χ2v) is 5.66. The molecule has 112 valence electrons. The summed E-state index contributed by atoms with van der Waals surface area (Å²) in [7, 11) is 0. The molecule has 0 spiro atoms. The fourth-order valence-electron chi connectivity index (χ4n) is 2.32. The van der Waals surface area contributed by atoms with Crippen LogP contribution in [0, 0.1) is 18.8 Å². The van der Waals surface area contributed by atoms with Crippen LogP contribution in [0.4, 0.5) is 0 Å². The average Bonchev–Trinajstić information content (AvgIpc) is 2.42. The van der Waals surface area contributed by atoms with Crippen molar-refractivity contribution in [2.75, 3.05) is 6.54 Å². The Kier molecular flexibility index (Phi) is 7.23. The fraction of sp³-hybridized carbons (Fsp3) is 0.625. The normalized spacial score (nSPS) is 12.4. The number of nitrogens with two attached hydrogens (primary N) is 1. The lowest BCUT2D eigenvalue weighted by Crippen LogP contribution is -2.25. The molecule has 0 fully saturated rings. The summed E-state index contributed by atoms with van der Waals surface area (Å²) < 4.78 is 0. The van der Waals surface area contributed by atoms with Gasteiger partial charge >= 0.3 is 0 Å². The van der Waals surface area contributed by atoms with E-state index in [0.29, 0.717) is 31.3 Å². The topological polar surface area (TPSA) is 68.0 Å². The van der Waals surface area contributed by atoms with Crippen LogP contribution in [0.2, 0.25) is 0 Å². The molecule has 0 saturated carbocycles. The van der Waals surface area contributed by atoms with Crippen molar-refractivity contribution in [2.24, 2.45) is 17.6 Å². The summed E-state index contributed by atoms with van der Waals surface area (Å²) in [6.07, 6.45) is 4.21. The SMILES string of the molecule is Cc1cccnc1CNC(=O)CCC(CCN)C(C)C. The highest BCUT2D eigenvalue weighted by molar-refractivity contribution is 5.75. The van der Waals surface area contributed by atoms with Gasteiger partial charge < -0.3 is 11.1 Å². The largest absolute Gasteiger partial charge is 0.350 e. The highest BCUT2D eigenvalue weighted by Crippen LogP contribution is 2.20. The van der Waals surface area contributed by atoms with E-state index in [1.54, 1.807) is 6.20 Å². The number of rotatable bonds is 8. The number of carbonyl (C=O) groups is 1. The number of pyridine rings is 1. The zero-order valence-corrected chi connectivity index (χ0v) is 12.9. The van der Waals surface area contributed by atoms with Gasteiger partial charge in [0.25, 0.3) is 0 Å². The van der Waals surface area contributed by atoms with Gasteiger partial charge in [-0.05, 0) is 49.8 Å². The lowest BCUT2D eigenvalue weighted by molar-refractivity contribution is -0.121. The molecule has 3 N–H and O–H groups in total. The number of aromatic nitrogens is 1. The highest BCUT2D eigenvalue weighted by Gasteiger charge is 2.14. The van der Waals surface area contributed by atoms with Crippen LogP contribution in [0.5, 0.6) is 0 Å². The average molecular weight is 277 g/mol. The first kappa shape index (κ1) is 16.6. The van der Waals surface area contributed by atoms with Crippen molar-refractivity contribution in [1.82, 2.24) is 10.3 Å². The maximum Gasteiger partial charge on any atom is 0.220 e. The van der Waals surface area contributed by atoms with E-state index in [2.05, 4.69) is 24.1 Å². The molecule has 1 aromatic rings. The maximum atomic E-state index is 11.9. The third-order valence-electron chi connectivity index (χ3n) is 3.79. The molecule has 0 aromatic carbocycles. The second-order valence-electron chi connectivity index (χ2n) is 5.66. The second kappa shape index (κ2) is 8.69. The molecular formula is C16H27N3O. The summed E-state index contributed by atoms with van der Waals surface area (Å²) in [4.78, 5) is 16.2. The van der Waals surface area contributed by atoms with Crippen molar-refractivity contribution in [2.45, 2.75) is 46.6 Å². The summed E-state index contributed by atoms with van der Waals surface area (Å²) >= 11 is 0. The van der Waals surface area contributed by atoms with E-state index in [1.807, 2.05) is 19.1 Å². The van der Waals surface area contributed by atoms with Gasteiger partial charge in [0.05, 0.1) is 12.2 Å². The van der Waals surface area contributed by atoms with Crippen LogP contribution >= 0.6 is 0 Å². The van der Waals surface area contributed by atoms with E-state index in [1.165, 1.54) is 0 Å². The molecule has 1 amide bonds. The molecule has 1 unspecified atom stereocenters. The van der Waals surface area contributed by atoms with Crippen LogP contribution in [0.1, 0.15) is 44.4 Å². The minimum atomic E-state index is 0.0951. The van der Waals surface area contributed by atoms with Crippen LogP contribution < -0.4 is 11.1 Å². The first-order valence-corrected chi connectivity index (χ1v) is 7.41. The predicted octanol–water partition coefficient (Wildman–Crippen LogP) is 2.41. The minimum absolute atomic E-state index is 0.0951. The molecule has 0 saturated heterocycles. The Bertz CT molecular complexity index is 418. The first-order chi connectivity index (χ1) is 9.54. The van der Waals surface area contributed by atoms with E-state index in [4.69, 9.17) is 5.73 Å². The van der Waals surface area contributed by atoms with Gasteiger partial charge in [0.2, 0.25) is 5.91 Å². The Morgan fingerprint density at radius 2 is 2.15 bits per heavy atom.